The van der Waals surface area contributed by atoms with E-state index in [1.165, 1.54) is 13.8 Å². The van der Waals surface area contributed by atoms with Crippen molar-refractivity contribution in [3.05, 3.63) is 0 Å². The zero-order valence-corrected chi connectivity index (χ0v) is 11.0. The van der Waals surface area contributed by atoms with Crippen LogP contribution in [0, 0.1) is 0 Å². The zero-order valence-electron chi connectivity index (χ0n) is 11.0. The predicted molar refractivity (Wildman–Crippen MR) is 66.1 cm³/mol. The highest BCUT2D eigenvalue weighted by atomic mass is 16.4. The van der Waals surface area contributed by atoms with E-state index >= 15 is 0 Å². The summed E-state index contributed by atoms with van der Waals surface area (Å²) in [5.74, 6) is -2.19. The van der Waals surface area contributed by atoms with Crippen LogP contribution in [0.5, 0.6) is 0 Å². The molecule has 0 bridgehead atoms. The van der Waals surface area contributed by atoms with E-state index in [2.05, 4.69) is 5.32 Å². The van der Waals surface area contributed by atoms with E-state index in [-0.39, 0.29) is 12.8 Å². The van der Waals surface area contributed by atoms with Gasteiger partial charge in [0.25, 0.3) is 0 Å². The Bertz CT molecular complexity index is 379. The summed E-state index contributed by atoms with van der Waals surface area (Å²) in [6.07, 6.45) is 0.744. The number of hydrogen-bond acceptors (Lipinski definition) is 4. The molecule has 0 atom stereocenters. The van der Waals surface area contributed by atoms with Gasteiger partial charge in [-0.2, -0.15) is 0 Å². The van der Waals surface area contributed by atoms with Gasteiger partial charge in [-0.25, -0.2) is 4.79 Å². The van der Waals surface area contributed by atoms with Gasteiger partial charge in [0.1, 0.15) is 5.54 Å². The minimum absolute atomic E-state index is 0.0197. The average Bonchev–Trinajstić information content (AvgIpc) is 2.22. The highest BCUT2D eigenvalue weighted by Crippen LogP contribution is 2.01. The molecule has 0 fully saturated rings. The number of carboxylic acids is 1. The fourth-order valence-electron chi connectivity index (χ4n) is 1.13. The van der Waals surface area contributed by atoms with Gasteiger partial charge in [0, 0.05) is 12.8 Å². The number of primary amides is 1. The molecule has 4 amide bonds. The molecular weight excluding hydrogens is 254 g/mol. The lowest BCUT2D eigenvalue weighted by molar-refractivity contribution is -0.137. The number of rotatable bonds is 7. The summed E-state index contributed by atoms with van der Waals surface area (Å²) in [7, 11) is 0. The number of carboxylic acid groups (broad SMARTS) is 1. The van der Waals surface area contributed by atoms with Crippen molar-refractivity contribution in [2.75, 3.05) is 0 Å². The van der Waals surface area contributed by atoms with Gasteiger partial charge in [0.2, 0.25) is 11.8 Å². The third-order valence-corrected chi connectivity index (χ3v) is 2.34. The molecule has 0 aromatic rings. The third-order valence-electron chi connectivity index (χ3n) is 2.34. The first-order chi connectivity index (χ1) is 8.65. The van der Waals surface area contributed by atoms with Crippen molar-refractivity contribution in [3.63, 3.8) is 0 Å². The van der Waals surface area contributed by atoms with E-state index in [9.17, 15) is 19.2 Å². The largest absolute Gasteiger partial charge is 0.481 e. The molecule has 0 rings (SSSR count). The Morgan fingerprint density at radius 3 is 2.11 bits per heavy atom. The number of amides is 4. The Labute approximate surface area is 110 Å². The number of carbonyl (C=O) groups is 4. The summed E-state index contributed by atoms with van der Waals surface area (Å²) in [5, 5.41) is 12.7. The molecule has 0 aliphatic heterocycles. The summed E-state index contributed by atoms with van der Waals surface area (Å²) < 4.78 is 0. The molecule has 108 valence electrons. The maximum atomic E-state index is 11.4. The number of aliphatic carboxylic acids is 1. The number of unbranched alkanes of at least 4 members (excludes halogenated alkanes) is 1. The van der Waals surface area contributed by atoms with Crippen molar-refractivity contribution in [2.24, 2.45) is 5.73 Å². The average molecular weight is 273 g/mol. The Morgan fingerprint density at radius 1 is 1.11 bits per heavy atom. The van der Waals surface area contributed by atoms with E-state index < -0.39 is 29.4 Å². The van der Waals surface area contributed by atoms with Crippen molar-refractivity contribution in [2.45, 2.75) is 45.1 Å². The second-order valence-electron chi connectivity index (χ2n) is 4.59. The predicted octanol–water partition coefficient (Wildman–Crippen LogP) is -0.279. The van der Waals surface area contributed by atoms with Gasteiger partial charge in [-0.1, -0.05) is 0 Å². The number of carbonyl (C=O) groups excluding carboxylic acids is 3. The molecule has 0 saturated carbocycles. The third kappa shape index (κ3) is 7.74. The van der Waals surface area contributed by atoms with Crippen molar-refractivity contribution < 1.29 is 24.3 Å². The maximum absolute atomic E-state index is 11.4. The number of hydrogen-bond donors (Lipinski definition) is 4. The topological polar surface area (TPSA) is 139 Å². The molecule has 0 heterocycles. The fraction of sp³-hybridized carbons (Fsp3) is 0.636. The lowest BCUT2D eigenvalue weighted by Gasteiger charge is -2.21. The van der Waals surface area contributed by atoms with Crippen LogP contribution in [0.25, 0.3) is 0 Å². The standard InChI is InChI=1S/C11H19N3O5/c1-11(2,9(12)18)14-10(19)13-7(15)5-3-4-6-8(16)17/h3-6H2,1-2H3,(H2,12,18)(H,16,17)(H2,13,14,15,19). The van der Waals surface area contributed by atoms with Crippen LogP contribution in [0.4, 0.5) is 4.79 Å². The van der Waals surface area contributed by atoms with Crippen molar-refractivity contribution >= 4 is 23.8 Å². The number of urea groups is 1. The molecule has 0 aliphatic carbocycles. The van der Waals surface area contributed by atoms with Gasteiger partial charge in [0.15, 0.2) is 0 Å². The van der Waals surface area contributed by atoms with E-state index in [0.29, 0.717) is 12.8 Å². The van der Waals surface area contributed by atoms with Gasteiger partial charge in [-0.15, -0.1) is 0 Å². The lowest BCUT2D eigenvalue weighted by atomic mass is 10.1. The summed E-state index contributed by atoms with van der Waals surface area (Å²) in [6.45, 7) is 2.82. The Hall–Kier alpha value is -2.12. The second kappa shape index (κ2) is 7.34. The van der Waals surface area contributed by atoms with E-state index in [1.807, 2.05) is 5.32 Å². The van der Waals surface area contributed by atoms with Crippen LogP contribution in [0.15, 0.2) is 0 Å². The molecule has 5 N–H and O–H groups in total. The van der Waals surface area contributed by atoms with Gasteiger partial charge < -0.3 is 16.2 Å². The van der Waals surface area contributed by atoms with Crippen LogP contribution in [-0.4, -0.2) is 34.5 Å². The lowest BCUT2D eigenvalue weighted by Crippen LogP contribution is -2.56. The minimum Gasteiger partial charge on any atom is -0.481 e. The molecule has 19 heavy (non-hydrogen) atoms. The number of imide groups is 1. The number of nitrogens with one attached hydrogen (secondary N) is 2. The van der Waals surface area contributed by atoms with E-state index in [1.54, 1.807) is 0 Å². The molecule has 8 heteroatoms. The summed E-state index contributed by atoms with van der Waals surface area (Å²) in [5.41, 5.74) is 3.80. The summed E-state index contributed by atoms with van der Waals surface area (Å²) in [6, 6.07) is -0.813. The quantitative estimate of drug-likeness (QED) is 0.472. The molecular formula is C11H19N3O5. The summed E-state index contributed by atoms with van der Waals surface area (Å²) in [4.78, 5) is 43.9. The maximum Gasteiger partial charge on any atom is 0.322 e. The van der Waals surface area contributed by atoms with E-state index in [0.717, 1.165) is 0 Å². The fourth-order valence-corrected chi connectivity index (χ4v) is 1.13. The van der Waals surface area contributed by atoms with Gasteiger partial charge in [-0.05, 0) is 26.7 Å². The zero-order chi connectivity index (χ0) is 15.1. The number of nitrogens with two attached hydrogens (primary N) is 1. The molecule has 0 unspecified atom stereocenters. The molecule has 0 spiro atoms. The molecule has 0 aliphatic rings. The first kappa shape index (κ1) is 16.9. The highest BCUT2D eigenvalue weighted by Gasteiger charge is 2.27. The minimum atomic E-state index is -1.26. The Balaban J connectivity index is 3.97. The second-order valence-corrected chi connectivity index (χ2v) is 4.59. The first-order valence-electron chi connectivity index (χ1n) is 5.79. The Kier molecular flexibility index (Phi) is 6.53. The van der Waals surface area contributed by atoms with Crippen molar-refractivity contribution in [1.29, 1.82) is 0 Å². The smallest absolute Gasteiger partial charge is 0.322 e. The SMILES string of the molecule is CC(C)(NC(=O)NC(=O)CCCCC(=O)O)C(N)=O. The van der Waals surface area contributed by atoms with Gasteiger partial charge in [0.05, 0.1) is 0 Å². The van der Waals surface area contributed by atoms with Crippen LogP contribution >= 0.6 is 0 Å². The van der Waals surface area contributed by atoms with Crippen LogP contribution in [-0.2, 0) is 14.4 Å². The highest BCUT2D eigenvalue weighted by molar-refractivity contribution is 5.97. The van der Waals surface area contributed by atoms with Gasteiger partial charge in [-0.3, -0.25) is 19.7 Å². The molecule has 0 radical (unpaired) electrons. The van der Waals surface area contributed by atoms with Crippen LogP contribution in [0.2, 0.25) is 0 Å². The van der Waals surface area contributed by atoms with Gasteiger partial charge >= 0.3 is 12.0 Å². The van der Waals surface area contributed by atoms with Crippen molar-refractivity contribution in [3.8, 4) is 0 Å². The first-order valence-corrected chi connectivity index (χ1v) is 5.79. The summed E-state index contributed by atoms with van der Waals surface area (Å²) >= 11 is 0. The van der Waals surface area contributed by atoms with Crippen LogP contribution in [0.1, 0.15) is 39.5 Å². The monoisotopic (exact) mass is 273 g/mol. The van der Waals surface area contributed by atoms with Crippen molar-refractivity contribution in [1.82, 2.24) is 10.6 Å². The normalized spacial score (nSPS) is 10.6. The molecule has 8 nitrogen and oxygen atoms in total. The van der Waals surface area contributed by atoms with Crippen LogP contribution < -0.4 is 16.4 Å². The Morgan fingerprint density at radius 2 is 1.63 bits per heavy atom. The van der Waals surface area contributed by atoms with E-state index in [4.69, 9.17) is 10.8 Å². The van der Waals surface area contributed by atoms with Crippen LogP contribution in [0.3, 0.4) is 0 Å². The molecule has 0 saturated heterocycles. The molecule has 0 aromatic heterocycles. The molecule has 0 aromatic carbocycles.